The molecule has 146 valence electrons. The lowest BCUT2D eigenvalue weighted by Gasteiger charge is -2.12. The summed E-state index contributed by atoms with van der Waals surface area (Å²) < 4.78 is 3.00. The smallest absolute Gasteiger partial charge is 0.276 e. The highest BCUT2D eigenvalue weighted by Gasteiger charge is 2.16. The highest BCUT2D eigenvalue weighted by Crippen LogP contribution is 2.26. The third kappa shape index (κ3) is 4.29. The fraction of sp³-hybridized carbons (Fsp3) is 0.0952. The monoisotopic (exact) mass is 485 g/mol. The van der Waals surface area contributed by atoms with Gasteiger partial charge in [0.1, 0.15) is 4.70 Å². The number of amides is 1. The van der Waals surface area contributed by atoms with Gasteiger partial charge in [-0.05, 0) is 64.1 Å². The van der Waals surface area contributed by atoms with Gasteiger partial charge in [0, 0.05) is 4.47 Å². The van der Waals surface area contributed by atoms with Crippen LogP contribution >= 0.6 is 39.0 Å². The van der Waals surface area contributed by atoms with Crippen LogP contribution in [0.2, 0.25) is 0 Å². The summed E-state index contributed by atoms with van der Waals surface area (Å²) in [6, 6.07) is 16.9. The first kappa shape index (κ1) is 19.9. The second-order valence-corrected chi connectivity index (χ2v) is 9.04. The molecule has 2 aromatic heterocycles. The zero-order valence-electron chi connectivity index (χ0n) is 15.4. The lowest BCUT2D eigenvalue weighted by Crippen LogP contribution is -2.22. The van der Waals surface area contributed by atoms with E-state index in [1.807, 2.05) is 66.9 Å². The number of thioether (sulfide) groups is 1. The van der Waals surface area contributed by atoms with Crippen LogP contribution in [0.1, 0.15) is 5.56 Å². The van der Waals surface area contributed by atoms with Gasteiger partial charge in [0.2, 0.25) is 5.91 Å². The molecule has 0 aliphatic carbocycles. The number of nitrogens with one attached hydrogen (secondary N) is 1. The normalized spacial score (nSPS) is 11.0. The van der Waals surface area contributed by atoms with Crippen LogP contribution < -0.4 is 10.9 Å². The highest BCUT2D eigenvalue weighted by molar-refractivity contribution is 9.10. The molecule has 0 spiro atoms. The van der Waals surface area contributed by atoms with E-state index in [9.17, 15) is 9.59 Å². The van der Waals surface area contributed by atoms with E-state index in [1.54, 1.807) is 4.57 Å². The molecular weight excluding hydrogens is 470 g/mol. The zero-order valence-corrected chi connectivity index (χ0v) is 18.6. The van der Waals surface area contributed by atoms with E-state index in [0.29, 0.717) is 21.1 Å². The van der Waals surface area contributed by atoms with Gasteiger partial charge < -0.3 is 5.32 Å². The molecular formula is C21H16BrN3O2S2. The molecule has 0 fully saturated rings. The predicted molar refractivity (Wildman–Crippen MR) is 123 cm³/mol. The molecule has 8 heteroatoms. The van der Waals surface area contributed by atoms with Crippen molar-refractivity contribution >= 4 is 60.8 Å². The average molecular weight is 486 g/mol. The number of fused-ring (bicyclic) bond motifs is 1. The number of halogens is 1. The van der Waals surface area contributed by atoms with E-state index in [0.717, 1.165) is 15.7 Å². The summed E-state index contributed by atoms with van der Waals surface area (Å²) in [4.78, 5) is 30.2. The summed E-state index contributed by atoms with van der Waals surface area (Å²) in [7, 11) is 0. The number of thiophene rings is 1. The number of benzene rings is 2. The molecule has 1 N–H and O–H groups in total. The maximum Gasteiger partial charge on any atom is 0.276 e. The lowest BCUT2D eigenvalue weighted by molar-refractivity contribution is -0.113. The van der Waals surface area contributed by atoms with Gasteiger partial charge in [-0.3, -0.25) is 14.2 Å². The first-order valence-corrected chi connectivity index (χ1v) is 11.4. The minimum Gasteiger partial charge on any atom is -0.324 e. The molecule has 0 aliphatic heterocycles. The van der Waals surface area contributed by atoms with Crippen molar-refractivity contribution in [3.8, 4) is 5.69 Å². The van der Waals surface area contributed by atoms with Crippen molar-refractivity contribution in [3.63, 3.8) is 0 Å². The maximum atomic E-state index is 13.0. The van der Waals surface area contributed by atoms with Crippen LogP contribution in [-0.4, -0.2) is 21.2 Å². The standard InChI is InChI=1S/C21H16BrN3O2S2/c1-13-7-8-16(15(22)11-13)23-18(26)12-29-21-24-17-9-10-28-19(17)20(27)25(21)14-5-3-2-4-6-14/h2-11H,12H2,1H3,(H,23,26). The van der Waals surface area contributed by atoms with Crippen LogP contribution in [0.15, 0.2) is 74.4 Å². The second kappa shape index (κ2) is 8.52. The number of aromatic nitrogens is 2. The van der Waals surface area contributed by atoms with Gasteiger partial charge in [-0.2, -0.15) is 0 Å². The molecule has 0 atom stereocenters. The fourth-order valence-electron chi connectivity index (χ4n) is 2.83. The maximum absolute atomic E-state index is 13.0. The Bertz CT molecular complexity index is 1250. The minimum absolute atomic E-state index is 0.125. The second-order valence-electron chi connectivity index (χ2n) is 6.33. The molecule has 0 bridgehead atoms. The van der Waals surface area contributed by atoms with Gasteiger partial charge in [0.05, 0.1) is 22.6 Å². The lowest BCUT2D eigenvalue weighted by atomic mass is 10.2. The molecule has 0 unspecified atom stereocenters. The molecule has 5 nitrogen and oxygen atoms in total. The molecule has 0 radical (unpaired) electrons. The van der Waals surface area contributed by atoms with Gasteiger partial charge in [-0.25, -0.2) is 4.98 Å². The van der Waals surface area contributed by atoms with Crippen LogP contribution in [0, 0.1) is 6.92 Å². The molecule has 29 heavy (non-hydrogen) atoms. The Morgan fingerprint density at radius 3 is 2.76 bits per heavy atom. The Hall–Kier alpha value is -2.42. The summed E-state index contributed by atoms with van der Waals surface area (Å²) in [6.45, 7) is 1.99. The van der Waals surface area contributed by atoms with E-state index in [4.69, 9.17) is 0 Å². The van der Waals surface area contributed by atoms with E-state index in [-0.39, 0.29) is 17.2 Å². The summed E-state index contributed by atoms with van der Waals surface area (Å²) in [5.74, 6) is -0.0336. The Labute approximate surface area is 183 Å². The van der Waals surface area contributed by atoms with Crippen molar-refractivity contribution in [2.24, 2.45) is 0 Å². The number of para-hydroxylation sites is 1. The van der Waals surface area contributed by atoms with Crippen molar-refractivity contribution in [2.45, 2.75) is 12.1 Å². The van der Waals surface area contributed by atoms with Crippen molar-refractivity contribution in [1.29, 1.82) is 0 Å². The molecule has 1 amide bonds. The van der Waals surface area contributed by atoms with Gasteiger partial charge in [0.25, 0.3) is 5.56 Å². The van der Waals surface area contributed by atoms with E-state index < -0.39 is 0 Å². The predicted octanol–water partition coefficient (Wildman–Crippen LogP) is 5.25. The summed E-state index contributed by atoms with van der Waals surface area (Å²) >= 11 is 6.08. The Morgan fingerprint density at radius 1 is 1.21 bits per heavy atom. The number of anilines is 1. The van der Waals surface area contributed by atoms with Crippen LogP contribution in [0.25, 0.3) is 15.9 Å². The van der Waals surface area contributed by atoms with Crippen LogP contribution in [0.4, 0.5) is 5.69 Å². The number of aryl methyl sites for hydroxylation is 1. The highest BCUT2D eigenvalue weighted by atomic mass is 79.9. The number of hydrogen-bond donors (Lipinski definition) is 1. The minimum atomic E-state index is -0.168. The van der Waals surface area contributed by atoms with Crippen LogP contribution in [0.3, 0.4) is 0 Å². The largest absolute Gasteiger partial charge is 0.324 e. The third-order valence-electron chi connectivity index (χ3n) is 4.19. The van der Waals surface area contributed by atoms with E-state index in [2.05, 4.69) is 26.2 Å². The van der Waals surface area contributed by atoms with E-state index in [1.165, 1.54) is 23.1 Å². The van der Waals surface area contributed by atoms with Crippen molar-refractivity contribution in [1.82, 2.24) is 9.55 Å². The third-order valence-corrected chi connectivity index (χ3v) is 6.68. The van der Waals surface area contributed by atoms with Gasteiger partial charge in [-0.1, -0.05) is 36.0 Å². The number of hydrogen-bond acceptors (Lipinski definition) is 5. The number of carbonyl (C=O) groups excluding carboxylic acids is 1. The Kier molecular flexibility index (Phi) is 5.84. The molecule has 2 aromatic carbocycles. The zero-order chi connectivity index (χ0) is 20.4. The van der Waals surface area contributed by atoms with Crippen molar-refractivity contribution < 1.29 is 4.79 Å². The van der Waals surface area contributed by atoms with Crippen molar-refractivity contribution in [2.75, 3.05) is 11.1 Å². The average Bonchev–Trinajstić information content (AvgIpc) is 3.18. The van der Waals surface area contributed by atoms with Gasteiger partial charge in [0.15, 0.2) is 5.16 Å². The quantitative estimate of drug-likeness (QED) is 0.309. The Balaban J connectivity index is 1.62. The molecule has 2 heterocycles. The van der Waals surface area contributed by atoms with Crippen LogP contribution in [0.5, 0.6) is 0 Å². The molecule has 0 saturated carbocycles. The SMILES string of the molecule is Cc1ccc(NC(=O)CSc2nc3ccsc3c(=O)n2-c2ccccc2)c(Br)c1. The fourth-order valence-corrected chi connectivity index (χ4v) is 5.00. The number of rotatable bonds is 5. The van der Waals surface area contributed by atoms with Gasteiger partial charge in [-0.15, -0.1) is 11.3 Å². The molecule has 4 aromatic rings. The first-order valence-electron chi connectivity index (χ1n) is 8.77. The summed E-state index contributed by atoms with van der Waals surface area (Å²) in [5, 5.41) is 5.24. The molecule has 0 saturated heterocycles. The first-order chi connectivity index (χ1) is 14.0. The van der Waals surface area contributed by atoms with Crippen LogP contribution in [-0.2, 0) is 4.79 Å². The van der Waals surface area contributed by atoms with Gasteiger partial charge >= 0.3 is 0 Å². The summed E-state index contributed by atoms with van der Waals surface area (Å²) in [5.41, 5.74) is 3.06. The number of nitrogens with zero attached hydrogens (tertiary/aromatic N) is 2. The number of carbonyl (C=O) groups is 1. The molecule has 4 rings (SSSR count). The van der Waals surface area contributed by atoms with E-state index >= 15 is 0 Å². The Morgan fingerprint density at radius 2 is 2.00 bits per heavy atom. The topological polar surface area (TPSA) is 64.0 Å². The summed E-state index contributed by atoms with van der Waals surface area (Å²) in [6.07, 6.45) is 0. The molecule has 0 aliphatic rings. The van der Waals surface area contributed by atoms with Crippen molar-refractivity contribution in [3.05, 3.63) is 80.4 Å².